The molecule has 0 fully saturated rings. The summed E-state index contributed by atoms with van der Waals surface area (Å²) in [4.78, 5) is 11.6. The van der Waals surface area contributed by atoms with Crippen molar-refractivity contribution in [3.8, 4) is 0 Å². The van der Waals surface area contributed by atoms with Gasteiger partial charge in [0.2, 0.25) is 0 Å². The summed E-state index contributed by atoms with van der Waals surface area (Å²) in [7, 11) is -7.33. The van der Waals surface area contributed by atoms with Crippen molar-refractivity contribution in [2.24, 2.45) is 0 Å². The molecule has 0 aliphatic heterocycles. The van der Waals surface area contributed by atoms with Crippen LogP contribution in [-0.4, -0.2) is 52.9 Å². The molecule has 0 saturated heterocycles. The molecule has 1 N–H and O–H groups in total. The smallest absolute Gasteiger partial charge is 0.373 e. The van der Waals surface area contributed by atoms with E-state index in [1.54, 1.807) is 13.1 Å². The van der Waals surface area contributed by atoms with Crippen LogP contribution in [0.15, 0.2) is 0 Å². The van der Waals surface area contributed by atoms with E-state index >= 15 is 0 Å². The molecule has 0 unspecified atom stereocenters. The van der Waals surface area contributed by atoms with Gasteiger partial charge in [-0.05, 0) is 18.1 Å². The number of rotatable bonds is 10. The first-order valence-corrected chi connectivity index (χ1v) is 13.5. The second-order valence-corrected chi connectivity index (χ2v) is 16.9. The molecule has 0 aromatic rings. The second-order valence-electron chi connectivity index (χ2n) is 6.90. The molecule has 12 heteroatoms. The van der Waals surface area contributed by atoms with E-state index in [4.69, 9.17) is 22.5 Å². The summed E-state index contributed by atoms with van der Waals surface area (Å²) in [5.41, 5.74) is 0. The Morgan fingerprint density at radius 3 is 1.44 bits per heavy atom. The molecule has 0 aliphatic rings. The lowest BCUT2D eigenvalue weighted by molar-refractivity contribution is -0.139. The Labute approximate surface area is 150 Å². The predicted molar refractivity (Wildman–Crippen MR) is 96.5 cm³/mol. The summed E-state index contributed by atoms with van der Waals surface area (Å²) in [5.74, 6) is -1.41. The van der Waals surface area contributed by atoms with E-state index < -0.39 is 46.0 Å². The first kappa shape index (κ1) is 24.9. The summed E-state index contributed by atoms with van der Waals surface area (Å²) in [6, 6.07) is 0. The number of carboxylic acids is 1. The highest BCUT2D eigenvalue weighted by Gasteiger charge is 2.69. The fourth-order valence-electron chi connectivity index (χ4n) is 1.97. The van der Waals surface area contributed by atoms with Gasteiger partial charge in [-0.25, -0.2) is 0 Å². The van der Waals surface area contributed by atoms with Crippen LogP contribution in [-0.2, 0) is 36.4 Å². The Bertz CT molecular complexity index is 528. The van der Waals surface area contributed by atoms with Gasteiger partial charge in [-0.15, -0.1) is 0 Å². The molecule has 0 saturated carbocycles. The normalized spacial score (nSPS) is 14.6. The zero-order chi connectivity index (χ0) is 20.3. The zero-order valence-corrected chi connectivity index (χ0v) is 19.1. The van der Waals surface area contributed by atoms with Crippen molar-refractivity contribution in [1.82, 2.24) is 0 Å². The summed E-state index contributed by atoms with van der Waals surface area (Å²) >= 11 is 0. The summed E-state index contributed by atoms with van der Waals surface area (Å²) in [6.45, 7) is 9.24. The van der Waals surface area contributed by atoms with E-state index in [0.717, 1.165) is 28.4 Å². The molecule has 0 aromatic heterocycles. The van der Waals surface area contributed by atoms with Crippen LogP contribution in [0.1, 0.15) is 27.2 Å². The van der Waals surface area contributed by atoms with Crippen LogP contribution in [0.25, 0.3) is 0 Å². The van der Waals surface area contributed by atoms with Crippen molar-refractivity contribution in [2.45, 2.75) is 50.4 Å². The van der Waals surface area contributed by atoms with Gasteiger partial charge >= 0.3 is 21.2 Å². The third-order valence-electron chi connectivity index (χ3n) is 4.42. The minimum absolute atomic E-state index is 0.421. The van der Waals surface area contributed by atoms with Crippen LogP contribution in [0, 0.1) is 0 Å². The molecule has 0 radical (unpaired) electrons. The molecule has 25 heavy (non-hydrogen) atoms. The molecule has 0 heterocycles. The fourth-order valence-corrected chi connectivity index (χ4v) is 9.71. The van der Waals surface area contributed by atoms with Crippen molar-refractivity contribution >= 4 is 29.5 Å². The minimum Gasteiger partial charge on any atom is -0.481 e. The third-order valence-corrected chi connectivity index (χ3v) is 14.8. The summed E-state index contributed by atoms with van der Waals surface area (Å²) < 4.78 is 52.8. The van der Waals surface area contributed by atoms with Crippen molar-refractivity contribution in [2.75, 3.05) is 28.4 Å². The van der Waals surface area contributed by atoms with E-state index in [0.29, 0.717) is 0 Å². The number of carboxylic acid groups (broad SMARTS) is 1. The van der Waals surface area contributed by atoms with Crippen LogP contribution < -0.4 is 0 Å². The third kappa shape index (κ3) is 4.62. The quantitative estimate of drug-likeness (QED) is 0.411. The topological polar surface area (TPSA) is 118 Å². The maximum Gasteiger partial charge on any atom is 0.373 e. The standard InChI is InChI=1S/C13H30O9P2Si/c1-12(2,3)25(8,9)22-13(10-11(14)15,23(16,18-4)19-5)24(17,20-6)21-7/h10H2,1-9H3,(H,14,15). The lowest BCUT2D eigenvalue weighted by Crippen LogP contribution is -2.51. The minimum atomic E-state index is -4.38. The number of aliphatic carboxylic acids is 1. The molecule has 0 rings (SSSR count). The highest BCUT2D eigenvalue weighted by atomic mass is 31.2. The Morgan fingerprint density at radius 1 is 0.920 bits per heavy atom. The Kier molecular flexibility index (Phi) is 8.30. The van der Waals surface area contributed by atoms with Crippen LogP contribution in [0.5, 0.6) is 0 Å². The van der Waals surface area contributed by atoms with Gasteiger partial charge in [0.05, 0.1) is 6.42 Å². The highest BCUT2D eigenvalue weighted by Crippen LogP contribution is 2.79. The largest absolute Gasteiger partial charge is 0.481 e. The lowest BCUT2D eigenvalue weighted by atomic mass is 10.2. The second kappa shape index (κ2) is 8.31. The molecule has 150 valence electrons. The molecule has 0 amide bonds. The van der Waals surface area contributed by atoms with Crippen LogP contribution in [0.2, 0.25) is 18.1 Å². The van der Waals surface area contributed by atoms with E-state index in [-0.39, 0.29) is 0 Å². The Morgan fingerprint density at radius 2 is 1.24 bits per heavy atom. The monoisotopic (exact) mass is 420 g/mol. The number of hydrogen-bond acceptors (Lipinski definition) is 8. The first-order chi connectivity index (χ1) is 11.1. The van der Waals surface area contributed by atoms with Crippen LogP contribution in [0.4, 0.5) is 0 Å². The number of carbonyl (C=O) groups is 1. The van der Waals surface area contributed by atoms with E-state index in [1.165, 1.54) is 0 Å². The lowest BCUT2D eigenvalue weighted by Gasteiger charge is -2.47. The SMILES string of the molecule is COP(=O)(OC)C(CC(=O)O)(O[Si](C)(C)C(C)(C)C)P(=O)(OC)OC. The van der Waals surface area contributed by atoms with Gasteiger partial charge in [0.25, 0.3) is 5.08 Å². The van der Waals surface area contributed by atoms with Gasteiger partial charge in [0.15, 0.2) is 8.32 Å². The Hall–Kier alpha value is -0.0531. The maximum atomic E-state index is 13.3. The van der Waals surface area contributed by atoms with Crippen LogP contribution in [0.3, 0.4) is 0 Å². The summed E-state index contributed by atoms with van der Waals surface area (Å²) in [6.07, 6.45) is -0.947. The van der Waals surface area contributed by atoms with Crippen molar-refractivity contribution in [3.63, 3.8) is 0 Å². The molecule has 0 atom stereocenters. The highest BCUT2D eigenvalue weighted by molar-refractivity contribution is 7.74. The zero-order valence-electron chi connectivity index (χ0n) is 16.3. The number of hydrogen-bond donors (Lipinski definition) is 1. The van der Waals surface area contributed by atoms with Gasteiger partial charge in [0.1, 0.15) is 0 Å². The van der Waals surface area contributed by atoms with Gasteiger partial charge < -0.3 is 27.6 Å². The molecule has 9 nitrogen and oxygen atoms in total. The van der Waals surface area contributed by atoms with Gasteiger partial charge in [0, 0.05) is 28.4 Å². The van der Waals surface area contributed by atoms with Crippen molar-refractivity contribution in [1.29, 1.82) is 0 Å². The first-order valence-electron chi connectivity index (χ1n) is 7.47. The average Bonchev–Trinajstić information content (AvgIpc) is 2.50. The van der Waals surface area contributed by atoms with Gasteiger partial charge in [-0.2, -0.15) is 0 Å². The van der Waals surface area contributed by atoms with Gasteiger partial charge in [-0.3, -0.25) is 13.9 Å². The fraction of sp³-hybridized carbons (Fsp3) is 0.923. The van der Waals surface area contributed by atoms with Crippen molar-refractivity contribution in [3.05, 3.63) is 0 Å². The molecule has 0 aliphatic carbocycles. The Balaban J connectivity index is 6.87. The maximum absolute atomic E-state index is 13.3. The molecular weight excluding hydrogens is 390 g/mol. The summed E-state index contributed by atoms with van der Waals surface area (Å²) in [5, 5.41) is 6.56. The molecule has 0 spiro atoms. The van der Waals surface area contributed by atoms with E-state index in [1.807, 2.05) is 20.8 Å². The van der Waals surface area contributed by atoms with E-state index in [2.05, 4.69) is 0 Å². The predicted octanol–water partition coefficient (Wildman–Crippen LogP) is 4.11. The van der Waals surface area contributed by atoms with Gasteiger partial charge in [-0.1, -0.05) is 20.8 Å². The molecule has 0 bridgehead atoms. The molecular formula is C13H30O9P2Si. The van der Waals surface area contributed by atoms with Crippen molar-refractivity contribution < 1.29 is 41.6 Å². The molecule has 0 aromatic carbocycles. The average molecular weight is 420 g/mol. The van der Waals surface area contributed by atoms with Crippen LogP contribution >= 0.6 is 15.2 Å². The van der Waals surface area contributed by atoms with E-state index in [9.17, 15) is 19.0 Å².